The lowest BCUT2D eigenvalue weighted by molar-refractivity contribution is 0.263. The standard InChI is InChI=1S/C15H20FN3/c1-12-7-9-18(2)15(6-8-17)11-19(12)14-5-3-4-13(16)10-14/h3-5,10,12,15H,6-7,9,11H2,1-2H3. The van der Waals surface area contributed by atoms with Gasteiger partial charge in [-0.05, 0) is 38.6 Å². The smallest absolute Gasteiger partial charge is 0.125 e. The summed E-state index contributed by atoms with van der Waals surface area (Å²) < 4.78 is 13.4. The third-order valence-electron chi connectivity index (χ3n) is 3.93. The zero-order valence-corrected chi connectivity index (χ0v) is 11.5. The Bertz CT molecular complexity index is 469. The summed E-state index contributed by atoms with van der Waals surface area (Å²) in [4.78, 5) is 4.45. The number of hydrogen-bond donors (Lipinski definition) is 0. The predicted molar refractivity (Wildman–Crippen MR) is 74.5 cm³/mol. The summed E-state index contributed by atoms with van der Waals surface area (Å²) in [6.07, 6.45) is 1.53. The second-order valence-corrected chi connectivity index (χ2v) is 5.27. The van der Waals surface area contributed by atoms with Crippen molar-refractivity contribution in [2.75, 3.05) is 25.0 Å². The van der Waals surface area contributed by atoms with Crippen LogP contribution >= 0.6 is 0 Å². The van der Waals surface area contributed by atoms with Crippen LogP contribution in [-0.2, 0) is 0 Å². The average Bonchev–Trinajstić information content (AvgIpc) is 2.52. The normalized spacial score (nSPS) is 24.8. The third kappa shape index (κ3) is 3.24. The van der Waals surface area contributed by atoms with Gasteiger partial charge < -0.3 is 9.80 Å². The summed E-state index contributed by atoms with van der Waals surface area (Å²) in [6, 6.07) is 9.53. The van der Waals surface area contributed by atoms with Crippen LogP contribution in [0.25, 0.3) is 0 Å². The van der Waals surface area contributed by atoms with Crippen LogP contribution in [0.3, 0.4) is 0 Å². The molecule has 2 rings (SSSR count). The van der Waals surface area contributed by atoms with E-state index in [2.05, 4.69) is 29.8 Å². The number of likely N-dealkylation sites (N-methyl/N-ethyl adjacent to an activating group) is 1. The maximum atomic E-state index is 13.4. The molecule has 0 N–H and O–H groups in total. The van der Waals surface area contributed by atoms with E-state index in [9.17, 15) is 4.39 Å². The monoisotopic (exact) mass is 261 g/mol. The van der Waals surface area contributed by atoms with Crippen LogP contribution in [0.5, 0.6) is 0 Å². The number of rotatable bonds is 2. The molecule has 0 radical (unpaired) electrons. The van der Waals surface area contributed by atoms with E-state index < -0.39 is 0 Å². The van der Waals surface area contributed by atoms with Crippen molar-refractivity contribution in [2.24, 2.45) is 0 Å². The highest BCUT2D eigenvalue weighted by Crippen LogP contribution is 2.24. The van der Waals surface area contributed by atoms with Crippen molar-refractivity contribution in [1.82, 2.24) is 4.90 Å². The van der Waals surface area contributed by atoms with Crippen LogP contribution in [0.2, 0.25) is 0 Å². The third-order valence-corrected chi connectivity index (χ3v) is 3.93. The molecule has 1 aliphatic heterocycles. The van der Waals surface area contributed by atoms with Crippen molar-refractivity contribution >= 4 is 5.69 Å². The molecule has 4 heteroatoms. The van der Waals surface area contributed by atoms with Crippen molar-refractivity contribution in [2.45, 2.75) is 31.8 Å². The molecule has 1 heterocycles. The van der Waals surface area contributed by atoms with Gasteiger partial charge in [0.2, 0.25) is 0 Å². The maximum absolute atomic E-state index is 13.4. The predicted octanol–water partition coefficient (Wildman–Crippen LogP) is 2.64. The first-order valence-electron chi connectivity index (χ1n) is 6.71. The van der Waals surface area contributed by atoms with Crippen LogP contribution < -0.4 is 4.90 Å². The minimum atomic E-state index is -0.209. The molecule has 0 saturated carbocycles. The fraction of sp³-hybridized carbons (Fsp3) is 0.533. The van der Waals surface area contributed by atoms with Gasteiger partial charge in [0.1, 0.15) is 5.82 Å². The second kappa shape index (κ2) is 6.03. The minimum absolute atomic E-state index is 0.207. The Morgan fingerprint density at radius 2 is 2.26 bits per heavy atom. The molecule has 1 saturated heterocycles. The molecule has 3 nitrogen and oxygen atoms in total. The molecule has 2 unspecified atom stereocenters. The molecule has 0 aliphatic carbocycles. The Morgan fingerprint density at radius 1 is 1.47 bits per heavy atom. The Hall–Kier alpha value is -1.60. The van der Waals surface area contributed by atoms with E-state index in [1.54, 1.807) is 12.1 Å². The summed E-state index contributed by atoms with van der Waals surface area (Å²) in [5.41, 5.74) is 0.908. The number of benzene rings is 1. The van der Waals surface area contributed by atoms with Crippen molar-refractivity contribution in [1.29, 1.82) is 5.26 Å². The van der Waals surface area contributed by atoms with E-state index in [1.165, 1.54) is 6.07 Å². The Balaban J connectivity index is 2.24. The first kappa shape index (κ1) is 13.8. The topological polar surface area (TPSA) is 30.3 Å². The summed E-state index contributed by atoms with van der Waals surface area (Å²) in [5, 5.41) is 8.94. The summed E-state index contributed by atoms with van der Waals surface area (Å²) in [5.74, 6) is -0.209. The molecule has 0 aromatic heterocycles. The molecular weight excluding hydrogens is 241 g/mol. The molecule has 0 spiro atoms. The number of nitrogens with zero attached hydrogens (tertiary/aromatic N) is 3. The molecular formula is C15H20FN3. The van der Waals surface area contributed by atoms with Gasteiger partial charge in [-0.2, -0.15) is 5.26 Å². The highest BCUT2D eigenvalue weighted by molar-refractivity contribution is 5.48. The lowest BCUT2D eigenvalue weighted by atomic mass is 10.1. The lowest BCUT2D eigenvalue weighted by Gasteiger charge is -2.32. The molecule has 1 aromatic rings. The highest BCUT2D eigenvalue weighted by Gasteiger charge is 2.26. The van der Waals surface area contributed by atoms with Gasteiger partial charge in [-0.25, -0.2) is 4.39 Å². The zero-order valence-electron chi connectivity index (χ0n) is 11.5. The van der Waals surface area contributed by atoms with E-state index in [1.807, 2.05) is 6.07 Å². The quantitative estimate of drug-likeness (QED) is 0.820. The van der Waals surface area contributed by atoms with Gasteiger partial charge in [-0.3, -0.25) is 0 Å². The van der Waals surface area contributed by atoms with Crippen LogP contribution in [0.4, 0.5) is 10.1 Å². The van der Waals surface area contributed by atoms with Crippen molar-refractivity contribution < 1.29 is 4.39 Å². The van der Waals surface area contributed by atoms with Gasteiger partial charge >= 0.3 is 0 Å². The average molecular weight is 261 g/mol. The van der Waals surface area contributed by atoms with Crippen LogP contribution in [0.1, 0.15) is 19.8 Å². The van der Waals surface area contributed by atoms with Gasteiger partial charge in [0.15, 0.2) is 0 Å². The number of hydrogen-bond acceptors (Lipinski definition) is 3. The summed E-state index contributed by atoms with van der Waals surface area (Å²) >= 11 is 0. The molecule has 19 heavy (non-hydrogen) atoms. The fourth-order valence-electron chi connectivity index (χ4n) is 2.62. The Labute approximate surface area is 114 Å². The first-order valence-corrected chi connectivity index (χ1v) is 6.71. The number of halogens is 1. The van der Waals surface area contributed by atoms with Crippen LogP contribution in [0, 0.1) is 17.1 Å². The van der Waals surface area contributed by atoms with E-state index in [0.717, 1.165) is 25.2 Å². The molecule has 0 bridgehead atoms. The number of anilines is 1. The Morgan fingerprint density at radius 3 is 2.95 bits per heavy atom. The van der Waals surface area contributed by atoms with Gasteiger partial charge in [0, 0.05) is 30.9 Å². The Kier molecular flexibility index (Phi) is 4.39. The van der Waals surface area contributed by atoms with E-state index in [-0.39, 0.29) is 11.9 Å². The van der Waals surface area contributed by atoms with Crippen molar-refractivity contribution in [3.8, 4) is 6.07 Å². The summed E-state index contributed by atoms with van der Waals surface area (Å²) in [7, 11) is 2.06. The van der Waals surface area contributed by atoms with Crippen molar-refractivity contribution in [3.05, 3.63) is 30.1 Å². The maximum Gasteiger partial charge on any atom is 0.125 e. The lowest BCUT2D eigenvalue weighted by Crippen LogP contribution is -2.40. The van der Waals surface area contributed by atoms with E-state index in [0.29, 0.717) is 12.5 Å². The fourth-order valence-corrected chi connectivity index (χ4v) is 2.62. The van der Waals surface area contributed by atoms with Crippen molar-refractivity contribution in [3.63, 3.8) is 0 Å². The largest absolute Gasteiger partial charge is 0.367 e. The molecule has 102 valence electrons. The summed E-state index contributed by atoms with van der Waals surface area (Å²) in [6.45, 7) is 3.90. The molecule has 1 fully saturated rings. The molecule has 0 amide bonds. The molecule has 1 aromatic carbocycles. The van der Waals surface area contributed by atoms with E-state index in [4.69, 9.17) is 5.26 Å². The minimum Gasteiger partial charge on any atom is -0.367 e. The zero-order chi connectivity index (χ0) is 13.8. The molecule has 2 atom stereocenters. The van der Waals surface area contributed by atoms with Gasteiger partial charge in [0.05, 0.1) is 12.5 Å². The van der Waals surface area contributed by atoms with Crippen LogP contribution in [-0.4, -0.2) is 37.1 Å². The van der Waals surface area contributed by atoms with Gasteiger partial charge in [0.25, 0.3) is 0 Å². The molecule has 1 aliphatic rings. The first-order chi connectivity index (χ1) is 9.11. The number of nitriles is 1. The highest BCUT2D eigenvalue weighted by atomic mass is 19.1. The van der Waals surface area contributed by atoms with Gasteiger partial charge in [-0.15, -0.1) is 0 Å². The van der Waals surface area contributed by atoms with Gasteiger partial charge in [-0.1, -0.05) is 6.07 Å². The van der Waals surface area contributed by atoms with E-state index >= 15 is 0 Å². The second-order valence-electron chi connectivity index (χ2n) is 5.27. The van der Waals surface area contributed by atoms with Crippen LogP contribution in [0.15, 0.2) is 24.3 Å². The SMILES string of the molecule is CC1CCN(C)C(CC#N)CN1c1cccc(F)c1.